The number of sulfone groups is 1. The summed E-state index contributed by atoms with van der Waals surface area (Å²) in [6, 6.07) is 6.76. The van der Waals surface area contributed by atoms with Gasteiger partial charge >= 0.3 is 0 Å². The monoisotopic (exact) mass is 579 g/mol. The van der Waals surface area contributed by atoms with Crippen LogP contribution >= 0.6 is 11.6 Å². The summed E-state index contributed by atoms with van der Waals surface area (Å²) in [5.74, 6) is 1.37. The molecule has 0 radical (unpaired) electrons. The van der Waals surface area contributed by atoms with Crippen LogP contribution in [0.25, 0.3) is 10.9 Å². The van der Waals surface area contributed by atoms with Gasteiger partial charge in [0.15, 0.2) is 11.5 Å². The summed E-state index contributed by atoms with van der Waals surface area (Å²) < 4.78 is 49.2. The molecule has 0 saturated heterocycles. The zero-order valence-corrected chi connectivity index (χ0v) is 23.9. The molecule has 0 atom stereocenters. The second kappa shape index (κ2) is 13.6. The lowest BCUT2D eigenvalue weighted by molar-refractivity contribution is 0.257. The van der Waals surface area contributed by atoms with Crippen molar-refractivity contribution in [3.8, 4) is 11.5 Å². The topological polar surface area (TPSA) is 106 Å². The lowest BCUT2D eigenvalue weighted by Crippen LogP contribution is -2.24. The second-order valence-corrected chi connectivity index (χ2v) is 12.5. The minimum atomic E-state index is -2.98. The third-order valence-corrected chi connectivity index (χ3v) is 7.62. The summed E-state index contributed by atoms with van der Waals surface area (Å²) in [7, 11) is -0.968. The minimum Gasteiger partial charge on any atom is -0.490 e. The Bertz CT molecular complexity index is 1390. The second-order valence-electron chi connectivity index (χ2n) is 9.82. The fourth-order valence-electron chi connectivity index (χ4n) is 4.33. The van der Waals surface area contributed by atoms with E-state index in [1.165, 1.54) is 18.6 Å². The number of aromatic nitrogens is 2. The molecule has 12 heteroatoms. The van der Waals surface area contributed by atoms with E-state index in [2.05, 4.69) is 25.5 Å². The Morgan fingerprint density at radius 2 is 2.03 bits per heavy atom. The summed E-state index contributed by atoms with van der Waals surface area (Å²) >= 11 is 6.15. The standard InChI is InChI=1S/C27H35ClFN5O4S/c1-34-9-4-3-5-10-37-25-14-20-24(16-26(25)38-11-6-7-30-8-12-39(2,35)36)31-18-32-27(20)33-23-15-21(28)22(29)13-19(23)17-34/h13-16,18,30H,3-12,17H2,1-2H3,(H,31,32,33). The van der Waals surface area contributed by atoms with Crippen LogP contribution in [0.1, 0.15) is 31.2 Å². The van der Waals surface area contributed by atoms with E-state index >= 15 is 0 Å². The van der Waals surface area contributed by atoms with Crippen LogP contribution < -0.4 is 20.1 Å². The van der Waals surface area contributed by atoms with Gasteiger partial charge in [-0.3, -0.25) is 0 Å². The van der Waals surface area contributed by atoms with Gasteiger partial charge in [-0.2, -0.15) is 0 Å². The maximum absolute atomic E-state index is 14.4. The lowest BCUT2D eigenvalue weighted by Gasteiger charge is -2.20. The average molecular weight is 580 g/mol. The largest absolute Gasteiger partial charge is 0.490 e. The van der Waals surface area contributed by atoms with Crippen molar-refractivity contribution < 1.29 is 22.3 Å². The van der Waals surface area contributed by atoms with E-state index in [4.69, 9.17) is 21.1 Å². The number of hydrogen-bond acceptors (Lipinski definition) is 9. The summed E-state index contributed by atoms with van der Waals surface area (Å²) in [4.78, 5) is 11.1. The first-order chi connectivity index (χ1) is 18.7. The molecule has 0 spiro atoms. The van der Waals surface area contributed by atoms with Gasteiger partial charge < -0.3 is 25.0 Å². The first-order valence-corrected chi connectivity index (χ1v) is 15.5. The number of anilines is 2. The number of hydrogen-bond donors (Lipinski definition) is 2. The highest BCUT2D eigenvalue weighted by Gasteiger charge is 2.16. The third-order valence-electron chi connectivity index (χ3n) is 6.39. The smallest absolute Gasteiger partial charge is 0.163 e. The molecule has 212 valence electrons. The minimum absolute atomic E-state index is 0.0331. The van der Waals surface area contributed by atoms with Gasteiger partial charge in [-0.15, -0.1) is 0 Å². The summed E-state index contributed by atoms with van der Waals surface area (Å²) in [6.45, 7) is 3.42. The van der Waals surface area contributed by atoms with E-state index in [0.29, 0.717) is 67.8 Å². The van der Waals surface area contributed by atoms with E-state index in [1.807, 2.05) is 19.2 Å². The number of fused-ring (bicyclic) bond motifs is 2. The molecule has 0 fully saturated rings. The highest BCUT2D eigenvalue weighted by molar-refractivity contribution is 7.90. The molecule has 1 aliphatic heterocycles. The normalized spacial score (nSPS) is 15.2. The predicted molar refractivity (Wildman–Crippen MR) is 153 cm³/mol. The van der Waals surface area contributed by atoms with E-state index in [1.54, 1.807) is 6.07 Å². The van der Waals surface area contributed by atoms with E-state index in [-0.39, 0.29) is 10.8 Å². The molecule has 1 aromatic heterocycles. The maximum atomic E-state index is 14.4. The van der Waals surface area contributed by atoms with Gasteiger partial charge in [0, 0.05) is 36.5 Å². The van der Waals surface area contributed by atoms with Crippen LogP contribution in [0.2, 0.25) is 5.02 Å². The average Bonchev–Trinajstić information content (AvgIpc) is 2.88. The first-order valence-electron chi connectivity index (χ1n) is 13.1. The predicted octanol–water partition coefficient (Wildman–Crippen LogP) is 4.56. The Morgan fingerprint density at radius 3 is 2.85 bits per heavy atom. The Kier molecular flexibility index (Phi) is 10.2. The molecule has 0 saturated carbocycles. The van der Waals surface area contributed by atoms with Gasteiger partial charge in [0.05, 0.1) is 29.5 Å². The van der Waals surface area contributed by atoms with Crippen molar-refractivity contribution in [3.63, 3.8) is 0 Å². The summed E-state index contributed by atoms with van der Waals surface area (Å²) in [6.07, 6.45) is 6.24. The Hall–Kier alpha value is -2.73. The SMILES string of the molecule is CN1CCCCCOc2cc3c(ncnc3cc2OCCCNCCS(C)(=O)=O)Nc2cc(Cl)c(F)cc2C1. The highest BCUT2D eigenvalue weighted by Crippen LogP contribution is 2.36. The van der Waals surface area contributed by atoms with Crippen molar-refractivity contribution in [1.82, 2.24) is 20.2 Å². The molecule has 0 unspecified atom stereocenters. The molecular formula is C27H35ClFN5O4S. The van der Waals surface area contributed by atoms with Crippen molar-refractivity contribution in [2.75, 3.05) is 57.2 Å². The molecule has 2 N–H and O–H groups in total. The van der Waals surface area contributed by atoms with Crippen LogP contribution in [0, 0.1) is 5.82 Å². The van der Waals surface area contributed by atoms with Crippen LogP contribution in [0.5, 0.6) is 11.5 Å². The number of nitrogens with zero attached hydrogens (tertiary/aromatic N) is 3. The number of ether oxygens (including phenoxy) is 2. The lowest BCUT2D eigenvalue weighted by atomic mass is 10.1. The van der Waals surface area contributed by atoms with E-state index in [9.17, 15) is 12.8 Å². The molecule has 0 aliphatic carbocycles. The maximum Gasteiger partial charge on any atom is 0.163 e. The van der Waals surface area contributed by atoms with Gasteiger partial charge in [0.2, 0.25) is 0 Å². The van der Waals surface area contributed by atoms with Gasteiger partial charge in [-0.1, -0.05) is 11.6 Å². The number of nitrogens with one attached hydrogen (secondary N) is 2. The molecule has 3 aromatic rings. The quantitative estimate of drug-likeness (QED) is 0.371. The van der Waals surface area contributed by atoms with Crippen molar-refractivity contribution in [2.45, 2.75) is 32.2 Å². The van der Waals surface area contributed by atoms with Gasteiger partial charge in [0.1, 0.15) is 27.8 Å². The molecule has 4 rings (SSSR count). The molecule has 9 nitrogen and oxygen atoms in total. The zero-order valence-electron chi connectivity index (χ0n) is 22.3. The van der Waals surface area contributed by atoms with Crippen LogP contribution in [0.3, 0.4) is 0 Å². The van der Waals surface area contributed by atoms with Crippen LogP contribution in [0.15, 0.2) is 30.6 Å². The molecule has 2 bridgehead atoms. The summed E-state index contributed by atoms with van der Waals surface area (Å²) in [5.41, 5.74) is 2.12. The number of halogens is 2. The van der Waals surface area contributed by atoms with Crippen LogP contribution in [0.4, 0.5) is 15.9 Å². The third kappa shape index (κ3) is 8.63. The molecule has 2 aromatic carbocycles. The zero-order chi connectivity index (χ0) is 27.8. The Balaban J connectivity index is 1.58. The Labute approximate surface area is 234 Å². The van der Waals surface area contributed by atoms with Crippen molar-refractivity contribution in [1.29, 1.82) is 0 Å². The van der Waals surface area contributed by atoms with Crippen molar-refractivity contribution >= 4 is 43.8 Å². The first kappa shape index (κ1) is 29.3. The number of rotatable bonds is 8. The van der Waals surface area contributed by atoms with Gasteiger partial charge in [-0.05, 0) is 69.6 Å². The van der Waals surface area contributed by atoms with E-state index in [0.717, 1.165) is 36.8 Å². The Morgan fingerprint density at radius 1 is 1.18 bits per heavy atom. The molecular weight excluding hydrogens is 545 g/mol. The van der Waals surface area contributed by atoms with Crippen LogP contribution in [-0.2, 0) is 16.4 Å². The highest BCUT2D eigenvalue weighted by atomic mass is 35.5. The molecule has 1 aliphatic rings. The van der Waals surface area contributed by atoms with Crippen molar-refractivity contribution in [2.24, 2.45) is 0 Å². The molecule has 39 heavy (non-hydrogen) atoms. The van der Waals surface area contributed by atoms with E-state index < -0.39 is 15.7 Å². The fourth-order valence-corrected chi connectivity index (χ4v) is 5.01. The van der Waals surface area contributed by atoms with Gasteiger partial charge in [0.25, 0.3) is 0 Å². The fraction of sp³-hybridized carbons (Fsp3) is 0.481. The van der Waals surface area contributed by atoms with Crippen LogP contribution in [-0.4, -0.2) is 75.2 Å². The summed E-state index contributed by atoms with van der Waals surface area (Å²) in [5, 5.41) is 7.23. The molecule has 2 heterocycles. The number of benzene rings is 2. The van der Waals surface area contributed by atoms with Crippen molar-refractivity contribution in [3.05, 3.63) is 47.0 Å². The molecule has 0 amide bonds. The van der Waals surface area contributed by atoms with Gasteiger partial charge in [-0.25, -0.2) is 22.8 Å².